The van der Waals surface area contributed by atoms with E-state index in [-0.39, 0.29) is 11.3 Å². The number of nitrogens with zero attached hydrogens (tertiary/aromatic N) is 3. The van der Waals surface area contributed by atoms with Crippen LogP contribution < -0.4 is 11.0 Å². The van der Waals surface area contributed by atoms with Crippen LogP contribution in [0.1, 0.15) is 29.2 Å². The molecule has 3 aromatic rings. The Morgan fingerprint density at radius 1 is 1.25 bits per heavy atom. The maximum Gasteiger partial charge on any atom is 0.292 e. The fourth-order valence-corrected chi connectivity index (χ4v) is 3.02. The first-order chi connectivity index (χ1) is 11.6. The molecule has 0 spiro atoms. The van der Waals surface area contributed by atoms with Crippen molar-refractivity contribution in [1.29, 1.82) is 0 Å². The van der Waals surface area contributed by atoms with Crippen LogP contribution in [0.2, 0.25) is 0 Å². The van der Waals surface area contributed by atoms with Gasteiger partial charge < -0.3 is 0 Å². The molecule has 2 aromatic heterocycles. The van der Waals surface area contributed by atoms with Gasteiger partial charge in [0.25, 0.3) is 11.5 Å². The Hall–Kier alpha value is -2.80. The molecule has 7 heteroatoms. The van der Waals surface area contributed by atoms with Gasteiger partial charge in [-0.2, -0.15) is 10.2 Å². The Kier molecular flexibility index (Phi) is 4.52. The number of hydrazone groups is 1. The molecule has 3 rings (SSSR count). The Bertz CT molecular complexity index is 974. The van der Waals surface area contributed by atoms with E-state index in [1.54, 1.807) is 35.6 Å². The number of rotatable bonds is 4. The van der Waals surface area contributed by atoms with Gasteiger partial charge in [-0.05, 0) is 31.4 Å². The molecule has 0 aliphatic carbocycles. The highest BCUT2D eigenvalue weighted by Gasteiger charge is 2.16. The lowest BCUT2D eigenvalue weighted by Gasteiger charge is -2.08. The third-order valence-electron chi connectivity index (χ3n) is 3.59. The second kappa shape index (κ2) is 6.76. The molecule has 2 heterocycles. The highest BCUT2D eigenvalue weighted by atomic mass is 32.1. The van der Waals surface area contributed by atoms with Gasteiger partial charge in [-0.15, -0.1) is 11.3 Å². The number of amides is 1. The van der Waals surface area contributed by atoms with E-state index >= 15 is 0 Å². The molecular formula is C17H16N4O2S. The van der Waals surface area contributed by atoms with E-state index in [4.69, 9.17) is 0 Å². The summed E-state index contributed by atoms with van der Waals surface area (Å²) in [6.07, 6.45) is 0. The Labute approximate surface area is 142 Å². The van der Waals surface area contributed by atoms with Crippen LogP contribution in [0, 0.1) is 0 Å². The van der Waals surface area contributed by atoms with Crippen molar-refractivity contribution >= 4 is 33.7 Å². The summed E-state index contributed by atoms with van der Waals surface area (Å²) in [6.45, 7) is 4.02. The zero-order chi connectivity index (χ0) is 17.1. The third kappa shape index (κ3) is 2.98. The van der Waals surface area contributed by atoms with Gasteiger partial charge in [-0.3, -0.25) is 9.59 Å². The molecule has 0 aliphatic heterocycles. The standard InChI is InChI=1S/C17H16N4O2S/c1-3-21-17(23)13-8-5-4-7-12(13)15(20-21)16(22)19-18-11(2)14-9-6-10-24-14/h4-10H,3H2,1-2H3,(H,19,22)/b18-11-. The van der Waals surface area contributed by atoms with Crippen LogP contribution >= 0.6 is 11.3 Å². The van der Waals surface area contributed by atoms with Crippen LogP contribution in [0.25, 0.3) is 10.8 Å². The Morgan fingerprint density at radius 3 is 2.67 bits per heavy atom. The molecule has 0 atom stereocenters. The average molecular weight is 340 g/mol. The van der Waals surface area contributed by atoms with Crippen molar-refractivity contribution in [2.24, 2.45) is 5.10 Å². The van der Waals surface area contributed by atoms with Gasteiger partial charge in [0.05, 0.1) is 11.1 Å². The normalized spacial score (nSPS) is 11.7. The summed E-state index contributed by atoms with van der Waals surface area (Å²) in [5.41, 5.74) is 3.23. The fraction of sp³-hybridized carbons (Fsp3) is 0.176. The number of carbonyl (C=O) groups excluding carboxylic acids is 1. The summed E-state index contributed by atoms with van der Waals surface area (Å²) in [5, 5.41) is 11.3. The van der Waals surface area contributed by atoms with Crippen LogP contribution in [0.5, 0.6) is 0 Å². The zero-order valence-corrected chi connectivity index (χ0v) is 14.1. The van der Waals surface area contributed by atoms with Crippen molar-refractivity contribution in [3.8, 4) is 0 Å². The monoisotopic (exact) mass is 340 g/mol. The number of hydrogen-bond donors (Lipinski definition) is 1. The van der Waals surface area contributed by atoms with Gasteiger partial charge in [-0.1, -0.05) is 24.3 Å². The van der Waals surface area contributed by atoms with E-state index < -0.39 is 5.91 Å². The largest absolute Gasteiger partial charge is 0.292 e. The maximum atomic E-state index is 12.5. The fourth-order valence-electron chi connectivity index (χ4n) is 2.34. The number of aromatic nitrogens is 2. The lowest BCUT2D eigenvalue weighted by molar-refractivity contribution is 0.0949. The van der Waals surface area contributed by atoms with Gasteiger partial charge in [0.2, 0.25) is 0 Å². The number of aryl methyl sites for hydroxylation is 1. The van der Waals surface area contributed by atoms with Gasteiger partial charge in [0.15, 0.2) is 5.69 Å². The van der Waals surface area contributed by atoms with E-state index in [0.717, 1.165) is 4.88 Å². The molecule has 1 amide bonds. The minimum absolute atomic E-state index is 0.190. The SMILES string of the molecule is CCn1nc(C(=O)N/N=C(/C)c2cccs2)c2ccccc2c1=O. The minimum Gasteiger partial charge on any atom is -0.267 e. The molecule has 0 unspecified atom stereocenters. The molecule has 0 saturated carbocycles. The van der Waals surface area contributed by atoms with Crippen molar-refractivity contribution in [3.63, 3.8) is 0 Å². The summed E-state index contributed by atoms with van der Waals surface area (Å²) in [7, 11) is 0. The molecule has 24 heavy (non-hydrogen) atoms. The molecule has 1 N–H and O–H groups in total. The molecular weight excluding hydrogens is 324 g/mol. The van der Waals surface area contributed by atoms with E-state index in [0.29, 0.717) is 23.0 Å². The van der Waals surface area contributed by atoms with E-state index in [1.807, 2.05) is 31.4 Å². The van der Waals surface area contributed by atoms with Crippen molar-refractivity contribution in [1.82, 2.24) is 15.2 Å². The first-order valence-electron chi connectivity index (χ1n) is 7.50. The van der Waals surface area contributed by atoms with Crippen molar-refractivity contribution < 1.29 is 4.79 Å². The van der Waals surface area contributed by atoms with Crippen molar-refractivity contribution in [2.75, 3.05) is 0 Å². The maximum absolute atomic E-state index is 12.5. The smallest absolute Gasteiger partial charge is 0.267 e. The number of benzene rings is 1. The first-order valence-corrected chi connectivity index (χ1v) is 8.38. The van der Waals surface area contributed by atoms with Gasteiger partial charge in [-0.25, -0.2) is 10.1 Å². The molecule has 0 aliphatic rings. The molecule has 6 nitrogen and oxygen atoms in total. The summed E-state index contributed by atoms with van der Waals surface area (Å²) in [4.78, 5) is 25.8. The summed E-state index contributed by atoms with van der Waals surface area (Å²) in [6, 6.07) is 10.8. The highest BCUT2D eigenvalue weighted by Crippen LogP contribution is 2.13. The number of nitrogens with one attached hydrogen (secondary N) is 1. The van der Waals surface area contributed by atoms with Crippen molar-refractivity contribution in [3.05, 3.63) is 62.7 Å². The second-order valence-corrected chi connectivity index (χ2v) is 6.08. The lowest BCUT2D eigenvalue weighted by atomic mass is 10.1. The molecule has 0 saturated heterocycles. The topological polar surface area (TPSA) is 76.3 Å². The van der Waals surface area contributed by atoms with E-state index in [2.05, 4.69) is 15.6 Å². The minimum atomic E-state index is -0.440. The molecule has 0 bridgehead atoms. The quantitative estimate of drug-likeness (QED) is 0.586. The molecule has 0 fully saturated rings. The predicted molar refractivity (Wildman–Crippen MR) is 95.7 cm³/mol. The number of fused-ring (bicyclic) bond motifs is 1. The number of carbonyl (C=O) groups is 1. The average Bonchev–Trinajstić information content (AvgIpc) is 3.15. The van der Waals surface area contributed by atoms with Crippen LogP contribution in [0.15, 0.2) is 51.7 Å². The molecule has 1 aromatic carbocycles. The summed E-state index contributed by atoms with van der Waals surface area (Å²) in [5.74, 6) is -0.440. The van der Waals surface area contributed by atoms with Gasteiger partial charge in [0.1, 0.15) is 0 Å². The molecule has 122 valence electrons. The summed E-state index contributed by atoms with van der Waals surface area (Å²) >= 11 is 1.55. The predicted octanol–water partition coefficient (Wildman–Crippen LogP) is 2.63. The molecule has 0 radical (unpaired) electrons. The third-order valence-corrected chi connectivity index (χ3v) is 4.56. The van der Waals surface area contributed by atoms with Crippen LogP contribution in [-0.2, 0) is 6.54 Å². The first kappa shape index (κ1) is 16.1. The Balaban J connectivity index is 2.00. The van der Waals surface area contributed by atoms with Gasteiger partial charge in [0, 0.05) is 16.8 Å². The second-order valence-electron chi connectivity index (χ2n) is 5.13. The highest BCUT2D eigenvalue weighted by molar-refractivity contribution is 7.12. The van der Waals surface area contributed by atoms with E-state index in [1.165, 1.54) is 4.68 Å². The summed E-state index contributed by atoms with van der Waals surface area (Å²) < 4.78 is 1.28. The van der Waals surface area contributed by atoms with Crippen molar-refractivity contribution in [2.45, 2.75) is 20.4 Å². The van der Waals surface area contributed by atoms with E-state index in [9.17, 15) is 9.59 Å². The number of hydrogen-bond acceptors (Lipinski definition) is 5. The Morgan fingerprint density at radius 2 is 2.00 bits per heavy atom. The van der Waals surface area contributed by atoms with Gasteiger partial charge >= 0.3 is 0 Å². The van der Waals surface area contributed by atoms with Crippen LogP contribution in [0.4, 0.5) is 0 Å². The number of thiophene rings is 1. The van der Waals surface area contributed by atoms with Crippen LogP contribution in [0.3, 0.4) is 0 Å². The van der Waals surface area contributed by atoms with Crippen LogP contribution in [-0.4, -0.2) is 21.4 Å². The zero-order valence-electron chi connectivity index (χ0n) is 13.3. The lowest BCUT2D eigenvalue weighted by Crippen LogP contribution is -2.28.